The maximum absolute atomic E-state index is 13.0. The smallest absolute Gasteiger partial charge is 0.236 e. The highest BCUT2D eigenvalue weighted by Crippen LogP contribution is 2.40. The third-order valence-corrected chi connectivity index (χ3v) is 7.30. The van der Waals surface area contributed by atoms with E-state index in [2.05, 4.69) is 59.9 Å². The van der Waals surface area contributed by atoms with Crippen LogP contribution in [0.4, 0.5) is 0 Å². The number of rotatable bonds is 3. The molecule has 31 heavy (non-hydrogen) atoms. The number of nitrogens with zero attached hydrogens (tertiary/aromatic N) is 3. The summed E-state index contributed by atoms with van der Waals surface area (Å²) in [5, 5.41) is 6.80. The Kier molecular flexibility index (Phi) is 7.45. The summed E-state index contributed by atoms with van der Waals surface area (Å²) in [6.07, 6.45) is 15.4. The lowest BCUT2D eigenvalue weighted by molar-refractivity contribution is -0.131. The van der Waals surface area contributed by atoms with Crippen molar-refractivity contribution in [1.82, 2.24) is 15.5 Å². The minimum Gasteiger partial charge on any atom is -0.348 e. The topological polar surface area (TPSA) is 69.1 Å². The summed E-state index contributed by atoms with van der Waals surface area (Å²) < 4.78 is 0. The van der Waals surface area contributed by atoms with E-state index in [1.54, 1.807) is 11.8 Å². The first-order valence-corrected chi connectivity index (χ1v) is 12.2. The van der Waals surface area contributed by atoms with Crippen LogP contribution in [0, 0.1) is 5.92 Å². The Bertz CT molecular complexity index is 861. The van der Waals surface area contributed by atoms with Crippen molar-refractivity contribution in [2.45, 2.75) is 44.4 Å². The van der Waals surface area contributed by atoms with E-state index in [0.717, 1.165) is 45.4 Å². The third kappa shape index (κ3) is 5.77. The van der Waals surface area contributed by atoms with Crippen molar-refractivity contribution in [2.75, 3.05) is 32.7 Å². The highest BCUT2D eigenvalue weighted by Gasteiger charge is 2.32. The SMILES string of the molecule is CC(C)C1=CC(NC2=N\CC3=C(/C=C\C/C=N\2)SC(C(=O)N2CCNCC2)C3)CC=C1. The summed E-state index contributed by atoms with van der Waals surface area (Å²) in [7, 11) is 0. The molecule has 0 saturated carbocycles. The average Bonchev–Trinajstić information content (AvgIpc) is 3.20. The summed E-state index contributed by atoms with van der Waals surface area (Å²) in [5.74, 6) is 1.46. The van der Waals surface area contributed by atoms with Gasteiger partial charge in [0.05, 0.1) is 17.8 Å². The molecule has 1 fully saturated rings. The Balaban J connectivity index is 1.43. The Morgan fingerprint density at radius 3 is 2.90 bits per heavy atom. The monoisotopic (exact) mass is 439 g/mol. The van der Waals surface area contributed by atoms with Crippen LogP contribution in [0.25, 0.3) is 0 Å². The second kappa shape index (κ2) is 10.5. The lowest BCUT2D eigenvalue weighted by Gasteiger charge is -2.29. The highest BCUT2D eigenvalue weighted by molar-refractivity contribution is 8.04. The van der Waals surface area contributed by atoms with Crippen molar-refractivity contribution in [3.05, 3.63) is 46.4 Å². The van der Waals surface area contributed by atoms with E-state index in [9.17, 15) is 4.79 Å². The van der Waals surface area contributed by atoms with Gasteiger partial charge in [-0.05, 0) is 29.9 Å². The van der Waals surface area contributed by atoms with Gasteiger partial charge in [-0.2, -0.15) is 0 Å². The van der Waals surface area contributed by atoms with Gasteiger partial charge in [0.2, 0.25) is 11.9 Å². The first-order chi connectivity index (χ1) is 15.1. The molecule has 4 aliphatic rings. The van der Waals surface area contributed by atoms with Crippen LogP contribution in [0.2, 0.25) is 0 Å². The second-order valence-electron chi connectivity index (χ2n) is 8.65. The van der Waals surface area contributed by atoms with Gasteiger partial charge < -0.3 is 15.5 Å². The standard InChI is InChI=1S/C24H33N5OS/c1-17(2)18-6-5-7-20(14-18)28-24-26-9-4-3-8-21-19(16-27-24)15-22(31-21)23(30)29-12-10-25-11-13-29/h3,5-6,8-9,14,17,20,22,25H,4,7,10-13,15-16H2,1-2H3,(H,27,28)/b8-3-,26-9-. The highest BCUT2D eigenvalue weighted by atomic mass is 32.2. The number of amides is 1. The Morgan fingerprint density at radius 1 is 1.26 bits per heavy atom. The minimum atomic E-state index is -0.0268. The summed E-state index contributed by atoms with van der Waals surface area (Å²) in [4.78, 5) is 25.6. The van der Waals surface area contributed by atoms with Gasteiger partial charge in [-0.1, -0.05) is 44.2 Å². The predicted molar refractivity (Wildman–Crippen MR) is 131 cm³/mol. The zero-order valence-electron chi connectivity index (χ0n) is 18.5. The van der Waals surface area contributed by atoms with Gasteiger partial charge in [-0.3, -0.25) is 4.79 Å². The number of aliphatic imine (C=N–C) groups is 2. The molecule has 1 aliphatic carbocycles. The second-order valence-corrected chi connectivity index (χ2v) is 9.90. The molecule has 1 saturated heterocycles. The zero-order valence-corrected chi connectivity index (χ0v) is 19.3. The van der Waals surface area contributed by atoms with Crippen molar-refractivity contribution < 1.29 is 4.79 Å². The quantitative estimate of drug-likeness (QED) is 0.709. The average molecular weight is 440 g/mol. The summed E-state index contributed by atoms with van der Waals surface area (Å²) in [5.41, 5.74) is 2.59. The van der Waals surface area contributed by atoms with Crippen LogP contribution < -0.4 is 10.6 Å². The number of hydrogen-bond donors (Lipinski definition) is 2. The molecule has 2 unspecified atom stereocenters. The van der Waals surface area contributed by atoms with Crippen molar-refractivity contribution in [3.63, 3.8) is 0 Å². The molecule has 3 heterocycles. The fourth-order valence-electron chi connectivity index (χ4n) is 4.16. The van der Waals surface area contributed by atoms with E-state index in [4.69, 9.17) is 4.99 Å². The fraction of sp³-hybridized carbons (Fsp3) is 0.542. The molecular weight excluding hydrogens is 406 g/mol. The number of guanidine groups is 1. The number of hydrogen-bond acceptors (Lipinski definition) is 6. The van der Waals surface area contributed by atoms with Crippen molar-refractivity contribution in [1.29, 1.82) is 0 Å². The van der Waals surface area contributed by atoms with E-state index in [-0.39, 0.29) is 17.2 Å². The number of allylic oxidation sites excluding steroid dienone is 4. The van der Waals surface area contributed by atoms with Crippen LogP contribution in [0.5, 0.6) is 0 Å². The molecule has 3 aliphatic heterocycles. The summed E-state index contributed by atoms with van der Waals surface area (Å²) >= 11 is 1.70. The molecule has 0 spiro atoms. The molecule has 6 nitrogen and oxygen atoms in total. The van der Waals surface area contributed by atoms with Crippen molar-refractivity contribution >= 4 is 29.8 Å². The number of nitrogens with one attached hydrogen (secondary N) is 2. The maximum Gasteiger partial charge on any atom is 0.236 e. The summed E-state index contributed by atoms with van der Waals surface area (Å²) in [6.45, 7) is 8.39. The predicted octanol–water partition coefficient (Wildman–Crippen LogP) is 3.07. The number of thioether (sulfide) groups is 1. The van der Waals surface area contributed by atoms with Crippen LogP contribution in [-0.4, -0.2) is 67.0 Å². The van der Waals surface area contributed by atoms with E-state index in [1.807, 2.05) is 11.1 Å². The molecule has 2 N–H and O–H groups in total. The molecule has 0 aromatic carbocycles. The normalized spacial score (nSPS) is 30.4. The molecular formula is C24H33N5OS. The first-order valence-electron chi connectivity index (χ1n) is 11.4. The third-order valence-electron chi connectivity index (χ3n) is 5.97. The fourth-order valence-corrected chi connectivity index (χ4v) is 5.49. The van der Waals surface area contributed by atoms with Gasteiger partial charge in [0, 0.05) is 43.7 Å². The van der Waals surface area contributed by atoms with Gasteiger partial charge in [-0.15, -0.1) is 11.8 Å². The largest absolute Gasteiger partial charge is 0.348 e. The Morgan fingerprint density at radius 2 is 2.10 bits per heavy atom. The van der Waals surface area contributed by atoms with E-state index in [0.29, 0.717) is 18.4 Å². The molecule has 0 aromatic heterocycles. The zero-order chi connectivity index (χ0) is 21.6. The number of piperazine rings is 1. The molecule has 0 aromatic rings. The van der Waals surface area contributed by atoms with Crippen LogP contribution in [0.1, 0.15) is 33.1 Å². The Labute approximate surface area is 189 Å². The molecule has 2 atom stereocenters. The van der Waals surface area contributed by atoms with Crippen molar-refractivity contribution in [3.8, 4) is 0 Å². The molecule has 4 rings (SSSR count). The molecule has 7 heteroatoms. The maximum atomic E-state index is 13.0. The molecule has 1 amide bonds. The number of carbonyl (C=O) groups excluding carboxylic acids is 1. The first kappa shape index (κ1) is 22.1. The van der Waals surface area contributed by atoms with Crippen LogP contribution in [0.3, 0.4) is 0 Å². The van der Waals surface area contributed by atoms with Gasteiger partial charge in [0.25, 0.3) is 0 Å². The van der Waals surface area contributed by atoms with Crippen LogP contribution >= 0.6 is 11.8 Å². The Hall–Kier alpha value is -2.12. The summed E-state index contributed by atoms with van der Waals surface area (Å²) in [6, 6.07) is 0.213. The van der Waals surface area contributed by atoms with Crippen LogP contribution in [0.15, 0.2) is 56.4 Å². The molecule has 0 radical (unpaired) electrons. The van der Waals surface area contributed by atoms with Gasteiger partial charge in [-0.25, -0.2) is 9.98 Å². The van der Waals surface area contributed by atoms with E-state index < -0.39 is 0 Å². The van der Waals surface area contributed by atoms with E-state index in [1.165, 1.54) is 16.1 Å². The van der Waals surface area contributed by atoms with Crippen molar-refractivity contribution in [2.24, 2.45) is 15.9 Å². The van der Waals surface area contributed by atoms with E-state index >= 15 is 0 Å². The van der Waals surface area contributed by atoms with Gasteiger partial charge in [0.1, 0.15) is 0 Å². The lowest BCUT2D eigenvalue weighted by atomic mass is 9.95. The van der Waals surface area contributed by atoms with Gasteiger partial charge >= 0.3 is 0 Å². The molecule has 0 bridgehead atoms. The number of carbonyl (C=O) groups is 1. The molecule has 166 valence electrons. The lowest BCUT2D eigenvalue weighted by Crippen LogP contribution is -2.49. The minimum absolute atomic E-state index is 0.0268. The van der Waals surface area contributed by atoms with Gasteiger partial charge in [0.15, 0.2) is 0 Å². The van der Waals surface area contributed by atoms with Crippen LogP contribution in [-0.2, 0) is 4.79 Å².